The van der Waals surface area contributed by atoms with Crippen LogP contribution in [0.2, 0.25) is 0 Å². The minimum absolute atomic E-state index is 0.179. The van der Waals surface area contributed by atoms with Crippen molar-refractivity contribution in [2.75, 3.05) is 0 Å². The van der Waals surface area contributed by atoms with Crippen LogP contribution in [0.1, 0.15) is 49.8 Å². The fourth-order valence-corrected chi connectivity index (χ4v) is 3.48. The first-order chi connectivity index (χ1) is 12.2. The Kier molecular flexibility index (Phi) is 4.17. The summed E-state index contributed by atoms with van der Waals surface area (Å²) in [4.78, 5) is 12.8. The summed E-state index contributed by atoms with van der Waals surface area (Å²) in [6.07, 6.45) is 5.87. The Bertz CT molecular complexity index is 903. The van der Waals surface area contributed by atoms with Crippen LogP contribution in [0.5, 0.6) is 0 Å². The van der Waals surface area contributed by atoms with E-state index in [0.29, 0.717) is 24.2 Å². The van der Waals surface area contributed by atoms with Crippen LogP contribution in [0.15, 0.2) is 35.1 Å². The molecule has 0 spiro atoms. The molecule has 25 heavy (non-hydrogen) atoms. The van der Waals surface area contributed by atoms with Crippen molar-refractivity contribution < 1.29 is 0 Å². The first-order valence-corrected chi connectivity index (χ1v) is 8.72. The van der Waals surface area contributed by atoms with Crippen molar-refractivity contribution in [1.29, 1.82) is 0 Å². The highest BCUT2D eigenvalue weighted by Gasteiger charge is 2.21. The van der Waals surface area contributed by atoms with E-state index >= 15 is 0 Å². The summed E-state index contributed by atoms with van der Waals surface area (Å²) in [6.45, 7) is 2.16. The zero-order valence-corrected chi connectivity index (χ0v) is 14.2. The van der Waals surface area contributed by atoms with E-state index in [-0.39, 0.29) is 5.69 Å². The first-order valence-electron chi connectivity index (χ1n) is 8.72. The van der Waals surface area contributed by atoms with Gasteiger partial charge >= 0.3 is 5.69 Å². The van der Waals surface area contributed by atoms with Crippen LogP contribution in [0.4, 0.5) is 0 Å². The SMILES string of the molecule is Cc1nn(-c2ccccc2)c(=O)n1Cc1nnnn1C1CCCCC1. The van der Waals surface area contributed by atoms with Gasteiger partial charge in [-0.3, -0.25) is 4.57 Å². The summed E-state index contributed by atoms with van der Waals surface area (Å²) < 4.78 is 4.94. The van der Waals surface area contributed by atoms with Crippen LogP contribution in [-0.2, 0) is 6.54 Å². The van der Waals surface area contributed by atoms with Crippen LogP contribution >= 0.6 is 0 Å². The smallest absolute Gasteiger partial charge is 0.271 e. The largest absolute Gasteiger partial charge is 0.351 e. The Morgan fingerprint density at radius 1 is 1.12 bits per heavy atom. The van der Waals surface area contributed by atoms with Crippen molar-refractivity contribution in [1.82, 2.24) is 34.6 Å². The summed E-state index contributed by atoms with van der Waals surface area (Å²) in [5.41, 5.74) is 0.572. The van der Waals surface area contributed by atoms with Crippen LogP contribution in [0.25, 0.3) is 5.69 Å². The Labute approximate surface area is 145 Å². The third-order valence-electron chi connectivity index (χ3n) is 4.83. The lowest BCUT2D eigenvalue weighted by Gasteiger charge is -2.22. The molecule has 0 unspecified atom stereocenters. The molecule has 3 aromatic rings. The molecule has 0 aliphatic heterocycles. The second-order valence-corrected chi connectivity index (χ2v) is 6.49. The maximum absolute atomic E-state index is 12.8. The van der Waals surface area contributed by atoms with Gasteiger partial charge in [-0.2, -0.15) is 9.78 Å². The Morgan fingerprint density at radius 2 is 1.88 bits per heavy atom. The lowest BCUT2D eigenvalue weighted by atomic mass is 9.95. The monoisotopic (exact) mass is 339 g/mol. The summed E-state index contributed by atoms with van der Waals surface area (Å²) >= 11 is 0. The summed E-state index contributed by atoms with van der Waals surface area (Å²) in [5.74, 6) is 1.36. The second-order valence-electron chi connectivity index (χ2n) is 6.49. The van der Waals surface area contributed by atoms with Gasteiger partial charge in [0.1, 0.15) is 5.82 Å². The number of aryl methyl sites for hydroxylation is 1. The van der Waals surface area contributed by atoms with Crippen molar-refractivity contribution in [3.63, 3.8) is 0 Å². The van der Waals surface area contributed by atoms with E-state index < -0.39 is 0 Å². The van der Waals surface area contributed by atoms with Crippen molar-refractivity contribution in [3.05, 3.63) is 52.5 Å². The van der Waals surface area contributed by atoms with Crippen molar-refractivity contribution in [2.24, 2.45) is 0 Å². The average Bonchev–Trinajstić information content (AvgIpc) is 3.23. The third kappa shape index (κ3) is 2.99. The highest BCUT2D eigenvalue weighted by Crippen LogP contribution is 2.27. The van der Waals surface area contributed by atoms with E-state index in [1.54, 1.807) is 4.57 Å². The van der Waals surface area contributed by atoms with E-state index in [1.165, 1.54) is 23.9 Å². The van der Waals surface area contributed by atoms with Gasteiger partial charge in [-0.25, -0.2) is 9.48 Å². The molecular weight excluding hydrogens is 318 g/mol. The van der Waals surface area contributed by atoms with Gasteiger partial charge in [0.15, 0.2) is 5.82 Å². The fraction of sp³-hybridized carbons (Fsp3) is 0.471. The summed E-state index contributed by atoms with van der Waals surface area (Å²) in [6, 6.07) is 9.75. The number of hydrogen-bond donors (Lipinski definition) is 0. The number of hydrogen-bond acceptors (Lipinski definition) is 5. The Morgan fingerprint density at radius 3 is 2.64 bits per heavy atom. The predicted molar refractivity (Wildman–Crippen MR) is 91.6 cm³/mol. The molecule has 1 aliphatic carbocycles. The van der Waals surface area contributed by atoms with Gasteiger partial charge in [0.25, 0.3) is 0 Å². The van der Waals surface area contributed by atoms with E-state index in [4.69, 9.17) is 0 Å². The Hall–Kier alpha value is -2.77. The van der Waals surface area contributed by atoms with Crippen molar-refractivity contribution in [3.8, 4) is 5.69 Å². The third-order valence-corrected chi connectivity index (χ3v) is 4.83. The van der Waals surface area contributed by atoms with Gasteiger partial charge in [-0.05, 0) is 42.3 Å². The van der Waals surface area contributed by atoms with Crippen LogP contribution in [-0.4, -0.2) is 34.6 Å². The van der Waals surface area contributed by atoms with Crippen molar-refractivity contribution in [2.45, 2.75) is 51.6 Å². The molecule has 130 valence electrons. The van der Waals surface area contributed by atoms with Crippen LogP contribution in [0.3, 0.4) is 0 Å². The lowest BCUT2D eigenvalue weighted by Crippen LogP contribution is -2.27. The highest BCUT2D eigenvalue weighted by molar-refractivity contribution is 5.29. The van der Waals surface area contributed by atoms with Crippen LogP contribution in [0, 0.1) is 6.92 Å². The zero-order chi connectivity index (χ0) is 17.2. The summed E-state index contributed by atoms with van der Waals surface area (Å²) in [5, 5.41) is 16.6. The maximum Gasteiger partial charge on any atom is 0.351 e. The molecule has 0 atom stereocenters. The molecule has 8 heteroatoms. The maximum atomic E-state index is 12.8. The second kappa shape index (κ2) is 6.62. The Balaban J connectivity index is 1.65. The number of aromatic nitrogens is 7. The first kappa shape index (κ1) is 15.7. The molecule has 0 amide bonds. The number of benzene rings is 1. The van der Waals surface area contributed by atoms with Gasteiger partial charge in [0, 0.05) is 0 Å². The number of rotatable bonds is 4. The molecule has 0 bridgehead atoms. The molecule has 2 heterocycles. The molecule has 1 saturated carbocycles. The predicted octanol–water partition coefficient (Wildman–Crippen LogP) is 1.88. The topological polar surface area (TPSA) is 83.4 Å². The summed E-state index contributed by atoms with van der Waals surface area (Å²) in [7, 11) is 0. The molecule has 1 aromatic carbocycles. The zero-order valence-electron chi connectivity index (χ0n) is 14.2. The molecular formula is C17H21N7O. The molecule has 8 nitrogen and oxygen atoms in total. The molecule has 0 saturated heterocycles. The van der Waals surface area contributed by atoms with E-state index in [2.05, 4.69) is 20.6 Å². The molecule has 1 fully saturated rings. The number of nitrogens with zero attached hydrogens (tertiary/aromatic N) is 7. The molecule has 4 rings (SSSR count). The van der Waals surface area contributed by atoms with Gasteiger partial charge < -0.3 is 0 Å². The van der Waals surface area contributed by atoms with E-state index in [0.717, 1.165) is 18.5 Å². The normalized spacial score (nSPS) is 15.6. The van der Waals surface area contributed by atoms with Gasteiger partial charge in [-0.15, -0.1) is 5.10 Å². The molecule has 1 aliphatic rings. The average molecular weight is 339 g/mol. The molecule has 0 radical (unpaired) electrons. The van der Waals surface area contributed by atoms with Gasteiger partial charge in [0.2, 0.25) is 0 Å². The minimum Gasteiger partial charge on any atom is -0.271 e. The van der Waals surface area contributed by atoms with Crippen molar-refractivity contribution >= 4 is 0 Å². The molecule has 0 N–H and O–H groups in total. The highest BCUT2D eigenvalue weighted by atomic mass is 16.2. The molecule has 2 aromatic heterocycles. The fourth-order valence-electron chi connectivity index (χ4n) is 3.48. The van der Waals surface area contributed by atoms with E-state index in [1.807, 2.05) is 41.9 Å². The van der Waals surface area contributed by atoms with Gasteiger partial charge in [-0.1, -0.05) is 37.5 Å². The van der Waals surface area contributed by atoms with E-state index in [9.17, 15) is 4.79 Å². The quantitative estimate of drug-likeness (QED) is 0.725. The minimum atomic E-state index is -0.179. The van der Waals surface area contributed by atoms with Gasteiger partial charge in [0.05, 0.1) is 18.3 Å². The van der Waals surface area contributed by atoms with Crippen LogP contribution < -0.4 is 5.69 Å². The number of tetrazole rings is 1. The lowest BCUT2D eigenvalue weighted by molar-refractivity contribution is 0.315. The standard InChI is InChI=1S/C17H21N7O/c1-13-19-24(15-10-6-3-7-11-15)17(25)22(13)12-16-18-20-21-23(16)14-8-4-2-5-9-14/h3,6-7,10-11,14H,2,4-5,8-9,12H2,1H3. The number of para-hydroxylation sites is 1.